The van der Waals surface area contributed by atoms with Crippen LogP contribution in [0.1, 0.15) is 36.8 Å². The van der Waals surface area contributed by atoms with Crippen molar-refractivity contribution in [1.82, 2.24) is 4.98 Å². The summed E-state index contributed by atoms with van der Waals surface area (Å²) in [4.78, 5) is 4.96. The lowest BCUT2D eigenvalue weighted by molar-refractivity contribution is 0.183. The number of benzene rings is 4. The van der Waals surface area contributed by atoms with Crippen molar-refractivity contribution in [3.8, 4) is 17.2 Å². The highest BCUT2D eigenvalue weighted by Crippen LogP contribution is 2.38. The molecule has 5 aromatic rings. The average Bonchev–Trinajstić information content (AvgIpc) is 3.31. The van der Waals surface area contributed by atoms with E-state index < -0.39 is 0 Å². The Bertz CT molecular complexity index is 1430. The summed E-state index contributed by atoms with van der Waals surface area (Å²) in [5.74, 6) is 1.47. The Kier molecular flexibility index (Phi) is 6.41. The molecule has 5 rings (SSSR count). The van der Waals surface area contributed by atoms with Crippen LogP contribution in [0.5, 0.6) is 5.75 Å². The van der Waals surface area contributed by atoms with E-state index in [1.807, 2.05) is 36.4 Å². The molecule has 0 aliphatic heterocycles. The number of hydrogen-bond donors (Lipinski definition) is 0. The Hall–Kier alpha value is -3.85. The fraction of sp³-hybridized carbons (Fsp3) is 0.219. The Morgan fingerprint density at radius 2 is 1.40 bits per heavy atom. The zero-order chi connectivity index (χ0) is 24.4. The van der Waals surface area contributed by atoms with Gasteiger partial charge >= 0.3 is 0 Å². The molecule has 1 heterocycles. The second kappa shape index (κ2) is 9.79. The van der Waals surface area contributed by atoms with Crippen molar-refractivity contribution in [1.29, 1.82) is 0 Å². The first-order valence-corrected chi connectivity index (χ1v) is 12.3. The second-order valence-corrected chi connectivity index (χ2v) is 9.29. The van der Waals surface area contributed by atoms with Crippen LogP contribution in [0.15, 0.2) is 90.4 Å². The number of aryl methyl sites for hydroxylation is 2. The first-order chi connectivity index (χ1) is 17.1. The smallest absolute Gasteiger partial charge is 0.227 e. The zero-order valence-corrected chi connectivity index (χ0v) is 20.5. The molecule has 0 saturated carbocycles. The molecule has 0 fully saturated rings. The van der Waals surface area contributed by atoms with Crippen LogP contribution in [-0.2, 0) is 0 Å². The number of rotatable bonds is 9. The van der Waals surface area contributed by atoms with Gasteiger partial charge in [-0.3, -0.25) is 0 Å². The number of oxazole rings is 1. The summed E-state index contributed by atoms with van der Waals surface area (Å²) in [7, 11) is 0. The molecular weight excluding hydrogens is 430 g/mol. The number of nitrogens with zero attached hydrogens (tertiary/aromatic N) is 1. The molecule has 0 saturated heterocycles. The fourth-order valence-electron chi connectivity index (χ4n) is 4.71. The lowest BCUT2D eigenvalue weighted by Gasteiger charge is -2.18. The maximum Gasteiger partial charge on any atom is 0.227 e. The van der Waals surface area contributed by atoms with Gasteiger partial charge in [-0.25, -0.2) is 4.98 Å². The molecule has 3 nitrogen and oxygen atoms in total. The highest BCUT2D eigenvalue weighted by molar-refractivity contribution is 6.23. The van der Waals surface area contributed by atoms with Crippen LogP contribution in [0.3, 0.4) is 0 Å². The molecule has 3 heteroatoms. The van der Waals surface area contributed by atoms with Crippen molar-refractivity contribution in [3.63, 3.8) is 0 Å². The third kappa shape index (κ3) is 4.59. The summed E-state index contributed by atoms with van der Waals surface area (Å²) >= 11 is 0. The monoisotopic (exact) mass is 461 g/mol. The van der Waals surface area contributed by atoms with Crippen LogP contribution >= 0.6 is 0 Å². The van der Waals surface area contributed by atoms with E-state index in [4.69, 9.17) is 14.1 Å². The molecule has 0 aliphatic rings. The molecule has 0 unspecified atom stereocenters. The van der Waals surface area contributed by atoms with Crippen LogP contribution in [0, 0.1) is 13.8 Å². The number of ether oxygens (including phenoxy) is 1. The molecule has 0 aliphatic carbocycles. The number of fused-ring (bicyclic) bond motifs is 6. The standard InChI is InChI=1S/C32H31NO2/c1-5-7-9-24(10-8-6-2)34-25-15-13-23(14-16-25)32-33-30-26-17-11-21(3)19-28(26)29-20-22(4)12-18-27(29)31(30)35-32/h5-6,11-20,24H,1-2,7-10H2,3-4H3. The van der Waals surface area contributed by atoms with E-state index in [-0.39, 0.29) is 6.10 Å². The van der Waals surface area contributed by atoms with Crippen molar-refractivity contribution in [2.45, 2.75) is 45.6 Å². The predicted molar refractivity (Wildman–Crippen MR) is 147 cm³/mol. The van der Waals surface area contributed by atoms with Gasteiger partial charge in [-0.1, -0.05) is 59.7 Å². The maximum atomic E-state index is 6.40. The molecule has 4 aromatic carbocycles. The molecule has 0 atom stereocenters. The number of hydrogen-bond acceptors (Lipinski definition) is 3. The maximum absolute atomic E-state index is 6.40. The molecule has 0 amide bonds. The Balaban J connectivity index is 1.53. The summed E-state index contributed by atoms with van der Waals surface area (Å²) in [5.41, 5.74) is 5.14. The largest absolute Gasteiger partial charge is 0.490 e. The normalized spacial score (nSPS) is 11.5. The van der Waals surface area contributed by atoms with E-state index in [9.17, 15) is 0 Å². The van der Waals surface area contributed by atoms with Crippen molar-refractivity contribution in [2.24, 2.45) is 0 Å². The van der Waals surface area contributed by atoms with Crippen molar-refractivity contribution in [2.75, 3.05) is 0 Å². The molecule has 176 valence electrons. The Morgan fingerprint density at radius 1 is 0.800 bits per heavy atom. The average molecular weight is 462 g/mol. The number of allylic oxidation sites excluding steroid dienone is 2. The van der Waals surface area contributed by atoms with E-state index in [2.05, 4.69) is 63.4 Å². The lowest BCUT2D eigenvalue weighted by Crippen LogP contribution is -2.16. The SMILES string of the molecule is C=CCCC(CCC=C)Oc1ccc(-c2nc3c4ccc(C)cc4c4cc(C)ccc4c3o2)cc1. The van der Waals surface area contributed by atoms with Gasteiger partial charge in [0.2, 0.25) is 5.89 Å². The second-order valence-electron chi connectivity index (χ2n) is 9.29. The van der Waals surface area contributed by atoms with Crippen LogP contribution in [-0.4, -0.2) is 11.1 Å². The Labute approximate surface area is 206 Å². The van der Waals surface area contributed by atoms with Gasteiger partial charge < -0.3 is 9.15 Å². The van der Waals surface area contributed by atoms with Crippen LogP contribution in [0.4, 0.5) is 0 Å². The molecule has 0 spiro atoms. The van der Waals surface area contributed by atoms with Crippen molar-refractivity contribution in [3.05, 3.63) is 97.1 Å². The van der Waals surface area contributed by atoms with Crippen LogP contribution in [0.25, 0.3) is 44.1 Å². The van der Waals surface area contributed by atoms with Gasteiger partial charge in [0.25, 0.3) is 0 Å². The Morgan fingerprint density at radius 3 is 2.03 bits per heavy atom. The fourth-order valence-corrected chi connectivity index (χ4v) is 4.71. The summed E-state index contributed by atoms with van der Waals surface area (Å²) < 4.78 is 12.7. The quantitative estimate of drug-likeness (QED) is 0.162. The van der Waals surface area contributed by atoms with Gasteiger partial charge in [-0.15, -0.1) is 13.2 Å². The lowest BCUT2D eigenvalue weighted by atomic mass is 9.97. The summed E-state index contributed by atoms with van der Waals surface area (Å²) in [6, 6.07) is 21.1. The minimum Gasteiger partial charge on any atom is -0.490 e. The minimum atomic E-state index is 0.144. The molecular formula is C32H31NO2. The molecule has 0 radical (unpaired) electrons. The first-order valence-electron chi connectivity index (χ1n) is 12.3. The van der Waals surface area contributed by atoms with Gasteiger partial charge in [-0.05, 0) is 74.6 Å². The predicted octanol–water partition coefficient (Wildman–Crippen LogP) is 9.10. The van der Waals surface area contributed by atoms with E-state index in [1.54, 1.807) is 0 Å². The first kappa shape index (κ1) is 22.9. The summed E-state index contributed by atoms with van der Waals surface area (Å²) in [5, 5.41) is 4.62. The van der Waals surface area contributed by atoms with Gasteiger partial charge in [0.1, 0.15) is 11.3 Å². The minimum absolute atomic E-state index is 0.144. The highest BCUT2D eigenvalue weighted by atomic mass is 16.5. The third-order valence-corrected chi connectivity index (χ3v) is 6.56. The van der Waals surface area contributed by atoms with E-state index in [0.717, 1.165) is 58.9 Å². The van der Waals surface area contributed by atoms with E-state index in [0.29, 0.717) is 5.89 Å². The zero-order valence-electron chi connectivity index (χ0n) is 20.5. The van der Waals surface area contributed by atoms with Gasteiger partial charge in [0.05, 0.1) is 6.10 Å². The highest BCUT2D eigenvalue weighted by Gasteiger charge is 2.17. The van der Waals surface area contributed by atoms with Crippen molar-refractivity contribution < 1.29 is 9.15 Å². The van der Waals surface area contributed by atoms with Crippen LogP contribution < -0.4 is 4.74 Å². The third-order valence-electron chi connectivity index (χ3n) is 6.56. The van der Waals surface area contributed by atoms with E-state index in [1.165, 1.54) is 21.9 Å². The molecule has 0 bridgehead atoms. The van der Waals surface area contributed by atoms with Crippen LogP contribution in [0.2, 0.25) is 0 Å². The van der Waals surface area contributed by atoms with Gasteiger partial charge in [0.15, 0.2) is 5.58 Å². The van der Waals surface area contributed by atoms with Crippen molar-refractivity contribution >= 4 is 32.6 Å². The molecule has 0 N–H and O–H groups in total. The molecule has 1 aromatic heterocycles. The summed E-state index contributed by atoms with van der Waals surface area (Å²) in [6.45, 7) is 11.9. The topological polar surface area (TPSA) is 35.3 Å². The van der Waals surface area contributed by atoms with Gasteiger partial charge in [0, 0.05) is 16.3 Å². The van der Waals surface area contributed by atoms with E-state index >= 15 is 0 Å². The summed E-state index contributed by atoms with van der Waals surface area (Å²) in [6.07, 6.45) is 7.79. The number of aromatic nitrogens is 1. The molecule has 35 heavy (non-hydrogen) atoms. The van der Waals surface area contributed by atoms with Gasteiger partial charge in [-0.2, -0.15) is 0 Å².